The quantitative estimate of drug-likeness (QED) is 0.643. The van der Waals surface area contributed by atoms with Gasteiger partial charge in [-0.2, -0.15) is 0 Å². The Labute approximate surface area is 165 Å². The van der Waals surface area contributed by atoms with Crippen LogP contribution in [0.25, 0.3) is 16.8 Å². The van der Waals surface area contributed by atoms with Crippen molar-refractivity contribution in [1.82, 2.24) is 19.6 Å². The molecule has 0 aromatic carbocycles. The van der Waals surface area contributed by atoms with Gasteiger partial charge < -0.3 is 5.32 Å². The number of rotatable bonds is 6. The molecule has 6 nitrogen and oxygen atoms in total. The van der Waals surface area contributed by atoms with E-state index in [0.717, 1.165) is 29.6 Å². The molecule has 0 spiro atoms. The third kappa shape index (κ3) is 3.56. The van der Waals surface area contributed by atoms with Crippen molar-refractivity contribution < 1.29 is 13.2 Å². The van der Waals surface area contributed by atoms with Gasteiger partial charge in [-0.3, -0.25) is 9.38 Å². The number of fused-ring (bicyclic) bond motifs is 2. The standard InChI is InChI=1S/C20H21F3N6/c1-11-13(6-8-21)18-16(25-11)5-4-15(27-18)14-7-9-29-17(14)10-24-19(28-29)26-12(2)20(3,22)23/h4-5,7,9-10,12-13H,6,8H2,1-3H3,(H,26,28)/t12-,13?/m1/s1. The third-order valence-electron chi connectivity index (χ3n) is 5.23. The van der Waals surface area contributed by atoms with Crippen LogP contribution in [0.4, 0.5) is 24.8 Å². The van der Waals surface area contributed by atoms with Gasteiger partial charge in [-0.1, -0.05) is 0 Å². The summed E-state index contributed by atoms with van der Waals surface area (Å²) in [7, 11) is 0. The highest BCUT2D eigenvalue weighted by Crippen LogP contribution is 2.38. The van der Waals surface area contributed by atoms with Crippen molar-refractivity contribution >= 4 is 22.9 Å². The van der Waals surface area contributed by atoms with Crippen LogP contribution in [-0.4, -0.2) is 43.9 Å². The molecule has 29 heavy (non-hydrogen) atoms. The molecule has 152 valence electrons. The summed E-state index contributed by atoms with van der Waals surface area (Å²) >= 11 is 0. The van der Waals surface area contributed by atoms with E-state index in [-0.39, 0.29) is 11.9 Å². The van der Waals surface area contributed by atoms with E-state index < -0.39 is 18.6 Å². The molecule has 0 bridgehead atoms. The fourth-order valence-electron chi connectivity index (χ4n) is 3.39. The Balaban J connectivity index is 1.66. The minimum Gasteiger partial charge on any atom is -0.344 e. The van der Waals surface area contributed by atoms with Crippen molar-refractivity contribution in [3.05, 3.63) is 36.3 Å². The lowest BCUT2D eigenvalue weighted by molar-refractivity contribution is 0.00673. The monoisotopic (exact) mass is 402 g/mol. The highest BCUT2D eigenvalue weighted by atomic mass is 19.3. The normalized spacial score (nSPS) is 17.3. The molecule has 0 saturated heterocycles. The van der Waals surface area contributed by atoms with E-state index in [0.29, 0.717) is 17.6 Å². The Kier molecular flexibility index (Phi) is 4.76. The Bertz CT molecular complexity index is 1090. The van der Waals surface area contributed by atoms with E-state index in [4.69, 9.17) is 4.98 Å². The number of halogens is 3. The van der Waals surface area contributed by atoms with Crippen LogP contribution in [0.2, 0.25) is 0 Å². The number of aromatic nitrogens is 4. The average Bonchev–Trinajstić information content (AvgIpc) is 3.21. The molecule has 3 aromatic rings. The molecule has 1 aliphatic heterocycles. The Morgan fingerprint density at radius 2 is 2.07 bits per heavy atom. The van der Waals surface area contributed by atoms with E-state index in [9.17, 15) is 13.2 Å². The molecule has 0 aliphatic carbocycles. The SMILES string of the molecule is CC1=Nc2ccc(-c3ccn4nc(N[C@H](C)C(C)(F)F)ncc34)nc2C1CCF. The predicted molar refractivity (Wildman–Crippen MR) is 106 cm³/mol. The summed E-state index contributed by atoms with van der Waals surface area (Å²) < 4.78 is 41.3. The van der Waals surface area contributed by atoms with Gasteiger partial charge in [0.1, 0.15) is 0 Å². The second-order valence-corrected chi connectivity index (χ2v) is 7.35. The number of hydrogen-bond donors (Lipinski definition) is 1. The topological polar surface area (TPSA) is 67.5 Å². The summed E-state index contributed by atoms with van der Waals surface area (Å²) in [6.07, 6.45) is 3.65. The van der Waals surface area contributed by atoms with Crippen molar-refractivity contribution in [2.24, 2.45) is 4.99 Å². The maximum Gasteiger partial charge on any atom is 0.264 e. The zero-order valence-corrected chi connectivity index (χ0v) is 16.3. The maximum absolute atomic E-state index is 13.4. The largest absolute Gasteiger partial charge is 0.344 e. The van der Waals surface area contributed by atoms with Crippen LogP contribution in [0.1, 0.15) is 38.8 Å². The highest BCUT2D eigenvalue weighted by Gasteiger charge is 2.31. The number of anilines is 1. The summed E-state index contributed by atoms with van der Waals surface area (Å²) in [5, 5.41) is 6.89. The van der Waals surface area contributed by atoms with Crippen molar-refractivity contribution in [3.63, 3.8) is 0 Å². The van der Waals surface area contributed by atoms with Crippen molar-refractivity contribution in [1.29, 1.82) is 0 Å². The molecule has 0 saturated carbocycles. The van der Waals surface area contributed by atoms with E-state index in [1.165, 1.54) is 6.92 Å². The minimum absolute atomic E-state index is 0.114. The summed E-state index contributed by atoms with van der Waals surface area (Å²) in [6, 6.07) is 4.47. The molecule has 0 amide bonds. The van der Waals surface area contributed by atoms with E-state index in [1.807, 2.05) is 25.1 Å². The molecular weight excluding hydrogens is 381 g/mol. The molecule has 0 fully saturated rings. The number of aliphatic imine (C=N–C) groups is 1. The van der Waals surface area contributed by atoms with Crippen molar-refractivity contribution in [2.45, 2.75) is 45.1 Å². The van der Waals surface area contributed by atoms with Crippen LogP contribution in [0, 0.1) is 0 Å². The smallest absolute Gasteiger partial charge is 0.264 e. The third-order valence-corrected chi connectivity index (χ3v) is 5.23. The second-order valence-electron chi connectivity index (χ2n) is 7.35. The first-order chi connectivity index (χ1) is 13.8. The van der Waals surface area contributed by atoms with Gasteiger partial charge in [-0.25, -0.2) is 23.3 Å². The van der Waals surface area contributed by atoms with Gasteiger partial charge in [-0.05, 0) is 38.5 Å². The van der Waals surface area contributed by atoms with E-state index in [2.05, 4.69) is 20.4 Å². The van der Waals surface area contributed by atoms with Gasteiger partial charge in [0.25, 0.3) is 5.92 Å². The van der Waals surface area contributed by atoms with Gasteiger partial charge in [0.2, 0.25) is 5.95 Å². The zero-order valence-electron chi connectivity index (χ0n) is 16.3. The van der Waals surface area contributed by atoms with Gasteiger partial charge in [0.05, 0.1) is 41.5 Å². The first kappa shape index (κ1) is 19.4. The number of alkyl halides is 3. The summed E-state index contributed by atoms with van der Waals surface area (Å²) in [5.74, 6) is -2.90. The molecule has 1 unspecified atom stereocenters. The Morgan fingerprint density at radius 1 is 1.28 bits per heavy atom. The lowest BCUT2D eigenvalue weighted by Gasteiger charge is -2.20. The minimum atomic E-state index is -2.90. The molecule has 1 N–H and O–H groups in total. The number of hydrogen-bond acceptors (Lipinski definition) is 5. The van der Waals surface area contributed by atoms with Gasteiger partial charge in [0, 0.05) is 30.3 Å². The molecule has 9 heteroatoms. The van der Waals surface area contributed by atoms with Crippen molar-refractivity contribution in [2.75, 3.05) is 12.0 Å². The lowest BCUT2D eigenvalue weighted by Crippen LogP contribution is -2.35. The van der Waals surface area contributed by atoms with E-state index >= 15 is 0 Å². The fraction of sp³-hybridized carbons (Fsp3) is 0.400. The first-order valence-corrected chi connectivity index (χ1v) is 9.39. The van der Waals surface area contributed by atoms with Crippen LogP contribution in [0.15, 0.2) is 35.6 Å². The van der Waals surface area contributed by atoms with Gasteiger partial charge >= 0.3 is 0 Å². The van der Waals surface area contributed by atoms with Crippen molar-refractivity contribution in [3.8, 4) is 11.3 Å². The summed E-state index contributed by atoms with van der Waals surface area (Å²) in [6.45, 7) is 3.68. The molecule has 0 radical (unpaired) electrons. The second kappa shape index (κ2) is 7.13. The molecule has 3 aromatic heterocycles. The van der Waals surface area contributed by atoms with Crippen LogP contribution in [-0.2, 0) is 0 Å². The zero-order chi connectivity index (χ0) is 20.8. The van der Waals surface area contributed by atoms with Gasteiger partial charge in [0.15, 0.2) is 0 Å². The van der Waals surface area contributed by atoms with Crippen LogP contribution < -0.4 is 5.32 Å². The molecule has 4 heterocycles. The Hall–Kier alpha value is -2.97. The highest BCUT2D eigenvalue weighted by molar-refractivity contribution is 5.96. The Morgan fingerprint density at radius 3 is 2.79 bits per heavy atom. The number of pyridine rings is 1. The van der Waals surface area contributed by atoms with Crippen LogP contribution in [0.5, 0.6) is 0 Å². The summed E-state index contributed by atoms with van der Waals surface area (Å²) in [5.41, 5.74) is 4.61. The number of nitrogens with zero attached hydrogens (tertiary/aromatic N) is 5. The molecular formula is C20H21F3N6. The molecule has 4 rings (SSSR count). The lowest BCUT2D eigenvalue weighted by atomic mass is 9.98. The summed E-state index contributed by atoms with van der Waals surface area (Å²) in [4.78, 5) is 13.4. The average molecular weight is 402 g/mol. The maximum atomic E-state index is 13.4. The molecule has 2 atom stereocenters. The fourth-order valence-corrected chi connectivity index (χ4v) is 3.39. The number of nitrogens with one attached hydrogen (secondary N) is 1. The van der Waals surface area contributed by atoms with Gasteiger partial charge in [-0.15, -0.1) is 5.10 Å². The predicted octanol–water partition coefficient (Wildman–Crippen LogP) is 4.80. The molecule has 1 aliphatic rings. The van der Waals surface area contributed by atoms with Crippen LogP contribution in [0.3, 0.4) is 0 Å². The van der Waals surface area contributed by atoms with E-state index in [1.54, 1.807) is 16.9 Å². The first-order valence-electron chi connectivity index (χ1n) is 9.39. The van der Waals surface area contributed by atoms with Crippen LogP contribution >= 0.6 is 0 Å².